The fourth-order valence-electron chi connectivity index (χ4n) is 1.29. The number of nitrogens with two attached hydrogens (primary N) is 1. The van der Waals surface area contributed by atoms with E-state index in [1.807, 2.05) is 13.8 Å². The fourth-order valence-corrected chi connectivity index (χ4v) is 1.29. The SMILES string of the molecule is CCCOc1nc(NN)nc(-n2cc(C)cn2)n1. The fraction of sp³-hybridized carbons (Fsp3) is 0.400. The van der Waals surface area contributed by atoms with Crippen molar-refractivity contribution in [3.63, 3.8) is 0 Å². The number of aryl methyl sites for hydroxylation is 1. The highest BCUT2D eigenvalue weighted by Crippen LogP contribution is 2.10. The maximum Gasteiger partial charge on any atom is 0.323 e. The number of anilines is 1. The van der Waals surface area contributed by atoms with Crippen molar-refractivity contribution in [3.05, 3.63) is 18.0 Å². The smallest absolute Gasteiger partial charge is 0.323 e. The Labute approximate surface area is 104 Å². The van der Waals surface area contributed by atoms with Gasteiger partial charge in [-0.3, -0.25) is 5.43 Å². The Kier molecular flexibility index (Phi) is 3.68. The lowest BCUT2D eigenvalue weighted by Gasteiger charge is -2.06. The van der Waals surface area contributed by atoms with E-state index in [2.05, 4.69) is 25.5 Å². The Morgan fingerprint density at radius 2 is 2.22 bits per heavy atom. The minimum Gasteiger partial charge on any atom is -0.463 e. The summed E-state index contributed by atoms with van der Waals surface area (Å²) in [6.45, 7) is 4.47. The number of rotatable bonds is 5. The van der Waals surface area contributed by atoms with Crippen molar-refractivity contribution >= 4 is 5.95 Å². The van der Waals surface area contributed by atoms with Crippen LogP contribution in [-0.4, -0.2) is 31.3 Å². The van der Waals surface area contributed by atoms with Crippen molar-refractivity contribution < 1.29 is 4.74 Å². The van der Waals surface area contributed by atoms with Gasteiger partial charge in [0.1, 0.15) is 0 Å². The number of hydrazine groups is 1. The van der Waals surface area contributed by atoms with Gasteiger partial charge >= 0.3 is 6.01 Å². The zero-order valence-corrected chi connectivity index (χ0v) is 10.3. The average Bonchev–Trinajstić information content (AvgIpc) is 2.82. The highest BCUT2D eigenvalue weighted by molar-refractivity contribution is 5.28. The molecule has 2 aromatic rings. The van der Waals surface area contributed by atoms with Gasteiger partial charge in [0.2, 0.25) is 5.95 Å². The summed E-state index contributed by atoms with van der Waals surface area (Å²) in [4.78, 5) is 12.3. The molecule has 3 N–H and O–H groups in total. The Hall–Kier alpha value is -2.22. The van der Waals surface area contributed by atoms with Crippen LogP contribution in [0.1, 0.15) is 18.9 Å². The molecule has 18 heavy (non-hydrogen) atoms. The molecule has 0 fully saturated rings. The van der Waals surface area contributed by atoms with Gasteiger partial charge in [0.25, 0.3) is 5.95 Å². The lowest BCUT2D eigenvalue weighted by atomic mass is 10.4. The zero-order valence-electron chi connectivity index (χ0n) is 10.3. The molecule has 0 amide bonds. The molecule has 2 rings (SSSR count). The molecule has 0 radical (unpaired) electrons. The standard InChI is InChI=1S/C10H15N7O/c1-3-4-18-10-14-8(16-11)13-9(15-10)17-6-7(2)5-12-17/h5-6H,3-4,11H2,1-2H3,(H,13,14,15,16). The summed E-state index contributed by atoms with van der Waals surface area (Å²) >= 11 is 0. The molecule has 0 aliphatic rings. The Bertz CT molecular complexity index is 525. The van der Waals surface area contributed by atoms with E-state index >= 15 is 0 Å². The van der Waals surface area contributed by atoms with Crippen LogP contribution in [-0.2, 0) is 0 Å². The second-order valence-electron chi connectivity index (χ2n) is 3.70. The summed E-state index contributed by atoms with van der Waals surface area (Å²) in [6, 6.07) is 0.225. The van der Waals surface area contributed by atoms with Gasteiger partial charge in [-0.05, 0) is 18.9 Å². The molecule has 0 spiro atoms. The third kappa shape index (κ3) is 2.72. The van der Waals surface area contributed by atoms with Crippen molar-refractivity contribution in [2.75, 3.05) is 12.0 Å². The van der Waals surface area contributed by atoms with Gasteiger partial charge < -0.3 is 4.74 Å². The van der Waals surface area contributed by atoms with Crippen LogP contribution in [0.15, 0.2) is 12.4 Å². The topological polar surface area (TPSA) is 104 Å². The molecule has 2 heterocycles. The third-order valence-corrected chi connectivity index (χ3v) is 2.08. The molecule has 0 unspecified atom stereocenters. The normalized spacial score (nSPS) is 10.4. The summed E-state index contributed by atoms with van der Waals surface area (Å²) in [7, 11) is 0. The van der Waals surface area contributed by atoms with Crippen molar-refractivity contribution in [1.29, 1.82) is 0 Å². The molecule has 2 aromatic heterocycles. The van der Waals surface area contributed by atoms with Crippen LogP contribution < -0.4 is 16.0 Å². The molecule has 96 valence electrons. The van der Waals surface area contributed by atoms with E-state index in [4.69, 9.17) is 10.6 Å². The maximum atomic E-state index is 5.37. The molecule has 0 bridgehead atoms. The highest BCUT2D eigenvalue weighted by Gasteiger charge is 2.09. The molecule has 0 saturated carbocycles. The van der Waals surface area contributed by atoms with E-state index in [9.17, 15) is 0 Å². The molecule has 8 nitrogen and oxygen atoms in total. The Morgan fingerprint density at radius 3 is 2.83 bits per heavy atom. The van der Waals surface area contributed by atoms with E-state index in [0.717, 1.165) is 12.0 Å². The van der Waals surface area contributed by atoms with Crippen LogP contribution in [0.4, 0.5) is 5.95 Å². The number of hydrogen-bond donors (Lipinski definition) is 2. The predicted molar refractivity (Wildman–Crippen MR) is 65.3 cm³/mol. The molecular weight excluding hydrogens is 234 g/mol. The number of nitrogen functional groups attached to an aromatic ring is 1. The Balaban J connectivity index is 2.34. The first-order chi connectivity index (χ1) is 8.72. The molecular formula is C10H15N7O. The third-order valence-electron chi connectivity index (χ3n) is 2.08. The quantitative estimate of drug-likeness (QED) is 0.585. The molecule has 0 atom stereocenters. The predicted octanol–water partition coefficient (Wildman–Crippen LogP) is 0.440. The summed E-state index contributed by atoms with van der Waals surface area (Å²) in [6.07, 6.45) is 4.39. The number of hydrogen-bond acceptors (Lipinski definition) is 7. The van der Waals surface area contributed by atoms with Crippen LogP contribution in [0.25, 0.3) is 5.95 Å². The monoisotopic (exact) mass is 249 g/mol. The minimum absolute atomic E-state index is 0.225. The van der Waals surface area contributed by atoms with Gasteiger partial charge in [0, 0.05) is 6.20 Å². The highest BCUT2D eigenvalue weighted by atomic mass is 16.5. The molecule has 0 aromatic carbocycles. The largest absolute Gasteiger partial charge is 0.463 e. The number of aromatic nitrogens is 5. The second-order valence-corrected chi connectivity index (χ2v) is 3.70. The molecule has 0 saturated heterocycles. The minimum atomic E-state index is 0.225. The summed E-state index contributed by atoms with van der Waals surface area (Å²) in [5.41, 5.74) is 3.39. The van der Waals surface area contributed by atoms with Crippen LogP contribution in [0, 0.1) is 6.92 Å². The van der Waals surface area contributed by atoms with E-state index in [1.54, 1.807) is 12.4 Å². The number of nitrogens with zero attached hydrogens (tertiary/aromatic N) is 5. The molecule has 0 aliphatic heterocycles. The number of nitrogens with one attached hydrogen (secondary N) is 1. The second kappa shape index (κ2) is 5.41. The van der Waals surface area contributed by atoms with Crippen molar-refractivity contribution in [1.82, 2.24) is 24.7 Å². The summed E-state index contributed by atoms with van der Waals surface area (Å²) in [5, 5.41) is 4.12. The lowest BCUT2D eigenvalue weighted by Crippen LogP contribution is -2.15. The van der Waals surface area contributed by atoms with Gasteiger partial charge in [0.15, 0.2) is 0 Å². The van der Waals surface area contributed by atoms with Crippen molar-refractivity contribution in [2.24, 2.45) is 5.84 Å². The first-order valence-corrected chi connectivity index (χ1v) is 5.60. The first-order valence-electron chi connectivity index (χ1n) is 5.60. The van der Waals surface area contributed by atoms with E-state index in [0.29, 0.717) is 12.6 Å². The van der Waals surface area contributed by atoms with E-state index in [-0.39, 0.29) is 12.0 Å². The zero-order chi connectivity index (χ0) is 13.0. The average molecular weight is 249 g/mol. The van der Waals surface area contributed by atoms with Gasteiger partial charge in [-0.15, -0.1) is 0 Å². The van der Waals surface area contributed by atoms with Crippen LogP contribution >= 0.6 is 0 Å². The van der Waals surface area contributed by atoms with Crippen LogP contribution in [0.3, 0.4) is 0 Å². The maximum absolute atomic E-state index is 5.37. The van der Waals surface area contributed by atoms with Gasteiger partial charge in [-0.1, -0.05) is 6.92 Å². The van der Waals surface area contributed by atoms with Crippen molar-refractivity contribution in [3.8, 4) is 12.0 Å². The van der Waals surface area contributed by atoms with Crippen LogP contribution in [0.2, 0.25) is 0 Å². The van der Waals surface area contributed by atoms with E-state index < -0.39 is 0 Å². The summed E-state index contributed by atoms with van der Waals surface area (Å²) < 4.78 is 6.91. The first kappa shape index (κ1) is 12.2. The summed E-state index contributed by atoms with van der Waals surface area (Å²) in [5.74, 6) is 5.91. The molecule has 8 heteroatoms. The number of ether oxygens (including phenoxy) is 1. The van der Waals surface area contributed by atoms with E-state index in [1.165, 1.54) is 4.68 Å². The Morgan fingerprint density at radius 1 is 1.39 bits per heavy atom. The van der Waals surface area contributed by atoms with Crippen molar-refractivity contribution in [2.45, 2.75) is 20.3 Å². The lowest BCUT2D eigenvalue weighted by molar-refractivity contribution is 0.291. The van der Waals surface area contributed by atoms with Crippen LogP contribution in [0.5, 0.6) is 6.01 Å². The van der Waals surface area contributed by atoms with Gasteiger partial charge in [-0.25, -0.2) is 10.5 Å². The molecule has 0 aliphatic carbocycles. The van der Waals surface area contributed by atoms with Gasteiger partial charge in [-0.2, -0.15) is 20.1 Å². The van der Waals surface area contributed by atoms with Gasteiger partial charge in [0.05, 0.1) is 12.8 Å².